The number of rotatable bonds is 5. The molecule has 0 aliphatic heterocycles. The van der Waals surface area contributed by atoms with Crippen LogP contribution < -0.4 is 5.32 Å². The molecule has 2 aromatic carbocycles. The highest BCUT2D eigenvalue weighted by Crippen LogP contribution is 2.29. The van der Waals surface area contributed by atoms with E-state index >= 15 is 0 Å². The summed E-state index contributed by atoms with van der Waals surface area (Å²) in [4.78, 5) is 12.3. The Bertz CT molecular complexity index is 1160. The van der Waals surface area contributed by atoms with E-state index in [9.17, 15) is 26.4 Å². The number of hydrogen-bond donors (Lipinski definition) is 1. The van der Waals surface area contributed by atoms with Crippen molar-refractivity contribution in [2.24, 2.45) is 0 Å². The molecule has 0 saturated carbocycles. The number of carbonyl (C=O) groups excluding carboxylic acids is 1. The maximum absolute atomic E-state index is 12.8. The number of anilines is 1. The van der Waals surface area contributed by atoms with Gasteiger partial charge in [0.2, 0.25) is 0 Å². The van der Waals surface area contributed by atoms with E-state index in [1.165, 1.54) is 31.2 Å². The highest BCUT2D eigenvalue weighted by molar-refractivity contribution is 7.91. The predicted molar refractivity (Wildman–Crippen MR) is 105 cm³/mol. The van der Waals surface area contributed by atoms with Crippen molar-refractivity contribution in [1.82, 2.24) is 10.2 Å². The van der Waals surface area contributed by atoms with Gasteiger partial charge in [0.1, 0.15) is 0 Å². The summed E-state index contributed by atoms with van der Waals surface area (Å²) in [5.41, 5.74) is 0.408. The third kappa shape index (κ3) is 4.82. The van der Waals surface area contributed by atoms with Crippen LogP contribution in [0.5, 0.6) is 0 Å². The number of nitrogens with zero attached hydrogens (tertiary/aromatic N) is 2. The first-order chi connectivity index (χ1) is 14.1. The second kappa shape index (κ2) is 8.23. The van der Waals surface area contributed by atoms with Crippen molar-refractivity contribution in [3.63, 3.8) is 0 Å². The van der Waals surface area contributed by atoms with Crippen LogP contribution in [0.2, 0.25) is 0 Å². The van der Waals surface area contributed by atoms with Gasteiger partial charge in [-0.25, -0.2) is 8.42 Å². The van der Waals surface area contributed by atoms with Gasteiger partial charge in [-0.05, 0) is 42.5 Å². The number of hydrogen-bond acceptors (Lipinski definition) is 5. The van der Waals surface area contributed by atoms with Crippen LogP contribution in [0.15, 0.2) is 65.7 Å². The Hall–Kier alpha value is -3.27. The molecule has 3 aromatic rings. The molecular formula is C20H16F3N3O3S. The van der Waals surface area contributed by atoms with E-state index in [1.807, 2.05) is 0 Å². The molecule has 1 N–H and O–H groups in total. The van der Waals surface area contributed by atoms with Crippen molar-refractivity contribution < 1.29 is 26.4 Å². The fourth-order valence-electron chi connectivity index (χ4n) is 2.55. The summed E-state index contributed by atoms with van der Waals surface area (Å²) in [5, 5.41) is 10.1. The summed E-state index contributed by atoms with van der Waals surface area (Å²) in [6.45, 7) is 1.51. The van der Waals surface area contributed by atoms with Crippen molar-refractivity contribution in [2.75, 3.05) is 11.1 Å². The van der Waals surface area contributed by atoms with Gasteiger partial charge in [-0.2, -0.15) is 13.2 Å². The Labute approximate surface area is 170 Å². The highest BCUT2D eigenvalue weighted by Gasteiger charge is 2.30. The molecule has 0 bridgehead atoms. The third-order valence-corrected chi connectivity index (χ3v) is 5.84. The molecule has 0 saturated heterocycles. The molecule has 156 valence electrons. The van der Waals surface area contributed by atoms with E-state index in [2.05, 4.69) is 15.5 Å². The summed E-state index contributed by atoms with van der Waals surface area (Å²) >= 11 is 0. The average molecular weight is 435 g/mol. The van der Waals surface area contributed by atoms with Gasteiger partial charge in [-0.15, -0.1) is 10.2 Å². The number of carbonyl (C=O) groups is 1. The van der Waals surface area contributed by atoms with E-state index in [1.54, 1.807) is 24.3 Å². The monoisotopic (exact) mass is 435 g/mol. The molecule has 1 aromatic heterocycles. The van der Waals surface area contributed by atoms with Gasteiger partial charge in [-0.3, -0.25) is 4.79 Å². The summed E-state index contributed by atoms with van der Waals surface area (Å²) in [6, 6.07) is 13.4. The summed E-state index contributed by atoms with van der Waals surface area (Å²) in [6.07, 6.45) is -4.54. The van der Waals surface area contributed by atoms with Crippen LogP contribution in [0.1, 0.15) is 22.8 Å². The number of benzene rings is 2. The molecule has 1 amide bonds. The standard InChI is InChI=1S/C20H16F3N3O3S/c1-2-30(28,29)18-11-10-17(25-26-18)13-6-8-16(9-7-13)24-19(27)14-4-3-5-15(12-14)20(21,22)23/h3-12H,2H2,1H3,(H,24,27). The molecule has 6 nitrogen and oxygen atoms in total. The Kier molecular flexibility index (Phi) is 5.88. The van der Waals surface area contributed by atoms with Crippen molar-refractivity contribution in [3.8, 4) is 11.3 Å². The Morgan fingerprint density at radius 1 is 1.00 bits per heavy atom. The largest absolute Gasteiger partial charge is 0.416 e. The van der Waals surface area contributed by atoms with Crippen LogP contribution >= 0.6 is 0 Å². The summed E-state index contributed by atoms with van der Waals surface area (Å²) < 4.78 is 62.0. The molecule has 1 heterocycles. The third-order valence-electron chi connectivity index (χ3n) is 4.23. The lowest BCUT2D eigenvalue weighted by Gasteiger charge is -2.10. The molecule has 0 fully saturated rings. The molecule has 0 radical (unpaired) electrons. The molecule has 0 aliphatic rings. The molecule has 0 spiro atoms. The lowest BCUT2D eigenvalue weighted by molar-refractivity contribution is -0.137. The molecule has 0 atom stereocenters. The minimum atomic E-state index is -4.54. The number of nitrogens with one attached hydrogen (secondary N) is 1. The average Bonchev–Trinajstić information content (AvgIpc) is 2.74. The number of amides is 1. The Morgan fingerprint density at radius 3 is 2.27 bits per heavy atom. The fourth-order valence-corrected chi connectivity index (χ4v) is 3.29. The molecule has 30 heavy (non-hydrogen) atoms. The molecule has 0 aliphatic carbocycles. The van der Waals surface area contributed by atoms with Crippen LogP contribution in [0, 0.1) is 0 Å². The lowest BCUT2D eigenvalue weighted by Crippen LogP contribution is -2.13. The zero-order chi connectivity index (χ0) is 21.9. The fraction of sp³-hybridized carbons (Fsp3) is 0.150. The zero-order valence-electron chi connectivity index (χ0n) is 15.6. The first-order valence-electron chi connectivity index (χ1n) is 8.75. The number of alkyl halides is 3. The minimum absolute atomic E-state index is 0.0820. The molecule has 0 unspecified atom stereocenters. The molecule has 10 heteroatoms. The van der Waals surface area contributed by atoms with Crippen LogP contribution in [0.25, 0.3) is 11.3 Å². The van der Waals surface area contributed by atoms with Gasteiger partial charge >= 0.3 is 6.18 Å². The first kappa shape index (κ1) is 21.4. The second-order valence-corrected chi connectivity index (χ2v) is 8.50. The van der Waals surface area contributed by atoms with Gasteiger partial charge in [0.05, 0.1) is 17.0 Å². The van der Waals surface area contributed by atoms with E-state index in [0.29, 0.717) is 16.9 Å². The Balaban J connectivity index is 1.74. The first-order valence-corrected chi connectivity index (χ1v) is 10.4. The highest BCUT2D eigenvalue weighted by atomic mass is 32.2. The quantitative estimate of drug-likeness (QED) is 0.649. The summed E-state index contributed by atoms with van der Waals surface area (Å²) in [7, 11) is -3.45. The lowest BCUT2D eigenvalue weighted by atomic mass is 10.1. The summed E-state index contributed by atoms with van der Waals surface area (Å²) in [5.74, 6) is -0.760. The predicted octanol–water partition coefficient (Wildman–Crippen LogP) is 4.21. The van der Waals surface area contributed by atoms with Crippen LogP contribution in [0.3, 0.4) is 0 Å². The van der Waals surface area contributed by atoms with Crippen LogP contribution in [-0.2, 0) is 16.0 Å². The van der Waals surface area contributed by atoms with Gasteiger partial charge in [0.15, 0.2) is 14.9 Å². The van der Waals surface area contributed by atoms with E-state index in [-0.39, 0.29) is 16.3 Å². The van der Waals surface area contributed by atoms with Gasteiger partial charge < -0.3 is 5.32 Å². The van der Waals surface area contributed by atoms with Crippen LogP contribution in [0.4, 0.5) is 18.9 Å². The van der Waals surface area contributed by atoms with Crippen molar-refractivity contribution in [3.05, 3.63) is 71.8 Å². The van der Waals surface area contributed by atoms with E-state index in [0.717, 1.165) is 12.1 Å². The Morgan fingerprint density at radius 2 is 1.70 bits per heavy atom. The number of sulfone groups is 1. The normalized spacial score (nSPS) is 11.9. The van der Waals surface area contributed by atoms with E-state index < -0.39 is 27.5 Å². The maximum Gasteiger partial charge on any atom is 0.416 e. The van der Waals surface area contributed by atoms with Gasteiger partial charge in [-0.1, -0.05) is 25.1 Å². The smallest absolute Gasteiger partial charge is 0.322 e. The zero-order valence-corrected chi connectivity index (χ0v) is 16.5. The topological polar surface area (TPSA) is 89.0 Å². The SMILES string of the molecule is CCS(=O)(=O)c1ccc(-c2ccc(NC(=O)c3cccc(C(F)(F)F)c3)cc2)nn1. The number of halogens is 3. The van der Waals surface area contributed by atoms with Gasteiger partial charge in [0, 0.05) is 16.8 Å². The minimum Gasteiger partial charge on any atom is -0.322 e. The number of aromatic nitrogens is 2. The van der Waals surface area contributed by atoms with Crippen molar-refractivity contribution >= 4 is 21.4 Å². The molecular weight excluding hydrogens is 419 g/mol. The maximum atomic E-state index is 12.8. The van der Waals surface area contributed by atoms with Crippen molar-refractivity contribution in [1.29, 1.82) is 0 Å². The van der Waals surface area contributed by atoms with Crippen LogP contribution in [-0.4, -0.2) is 30.3 Å². The van der Waals surface area contributed by atoms with Gasteiger partial charge in [0.25, 0.3) is 5.91 Å². The van der Waals surface area contributed by atoms with Crippen molar-refractivity contribution in [2.45, 2.75) is 18.1 Å². The molecule has 3 rings (SSSR count). The van der Waals surface area contributed by atoms with E-state index in [4.69, 9.17) is 0 Å². The second-order valence-electron chi connectivity index (χ2n) is 6.27.